The zero-order valence-corrected chi connectivity index (χ0v) is 17.4. The number of anilines is 2. The highest BCUT2D eigenvalue weighted by molar-refractivity contribution is 7.89. The zero-order chi connectivity index (χ0) is 22.4. The predicted molar refractivity (Wildman–Crippen MR) is 114 cm³/mol. The number of pyridine rings is 1. The summed E-state index contributed by atoms with van der Waals surface area (Å²) in [5.74, 6) is -0.914. The van der Waals surface area contributed by atoms with Crippen LogP contribution in [0.25, 0.3) is 15.9 Å². The Morgan fingerprint density at radius 3 is 2.77 bits per heavy atom. The molecule has 0 saturated heterocycles. The van der Waals surface area contributed by atoms with Crippen LogP contribution >= 0.6 is 0 Å². The van der Waals surface area contributed by atoms with Crippen molar-refractivity contribution < 1.29 is 12.8 Å². The van der Waals surface area contributed by atoms with Crippen LogP contribution in [-0.4, -0.2) is 46.4 Å². The molecule has 1 aromatic carbocycles. The van der Waals surface area contributed by atoms with Gasteiger partial charge in [0.05, 0.1) is 17.8 Å². The molecule has 1 atom stereocenters. The van der Waals surface area contributed by atoms with Gasteiger partial charge in [0.15, 0.2) is 5.82 Å². The number of guanidine groups is 1. The molecule has 31 heavy (non-hydrogen) atoms. The molecule has 0 aliphatic carbocycles. The first-order valence-corrected chi connectivity index (χ1v) is 10.6. The van der Waals surface area contributed by atoms with Crippen LogP contribution in [0.5, 0.6) is 0 Å². The summed E-state index contributed by atoms with van der Waals surface area (Å²) in [7, 11) is -2.45. The standard InChI is InChI=1S/C19H17FN8O2S/c1-19(9-31(29,30)28(3)18(21)27-19)13-6-11(4-5-14(13)20)26-17-16-15(24-10-25-17)7-12(22-2)8-23-16/h4-8,10H,9H2,1,3H3,(H2,21,27)(H,24,25,26)/t19-/m0/s1. The summed E-state index contributed by atoms with van der Waals surface area (Å²) < 4.78 is 40.5. The minimum atomic E-state index is -3.75. The summed E-state index contributed by atoms with van der Waals surface area (Å²) in [6.07, 6.45) is 2.72. The second-order valence-electron chi connectivity index (χ2n) is 7.18. The third kappa shape index (κ3) is 3.59. The van der Waals surface area contributed by atoms with E-state index in [1.165, 1.54) is 44.7 Å². The molecule has 0 bridgehead atoms. The van der Waals surface area contributed by atoms with E-state index in [0.717, 1.165) is 4.31 Å². The van der Waals surface area contributed by atoms with Crippen LogP contribution in [0.15, 0.2) is 41.8 Å². The topological polar surface area (TPSA) is 131 Å². The highest BCUT2D eigenvalue weighted by atomic mass is 32.2. The summed E-state index contributed by atoms with van der Waals surface area (Å²) in [5, 5.41) is 3.05. The molecular formula is C19H17FN8O2S. The van der Waals surface area contributed by atoms with Crippen LogP contribution in [0.4, 0.5) is 21.6 Å². The monoisotopic (exact) mass is 440 g/mol. The molecular weight excluding hydrogens is 423 g/mol. The molecule has 3 N–H and O–H groups in total. The van der Waals surface area contributed by atoms with Gasteiger partial charge in [-0.3, -0.25) is 4.98 Å². The number of aromatic nitrogens is 3. The van der Waals surface area contributed by atoms with E-state index in [4.69, 9.17) is 12.3 Å². The molecule has 0 amide bonds. The summed E-state index contributed by atoms with van der Waals surface area (Å²) in [4.78, 5) is 20.1. The van der Waals surface area contributed by atoms with Gasteiger partial charge in [0.2, 0.25) is 21.7 Å². The predicted octanol–water partition coefficient (Wildman–Crippen LogP) is 2.26. The van der Waals surface area contributed by atoms with E-state index in [0.29, 0.717) is 28.2 Å². The van der Waals surface area contributed by atoms with Crippen molar-refractivity contribution in [3.63, 3.8) is 0 Å². The first kappa shape index (κ1) is 20.4. The van der Waals surface area contributed by atoms with E-state index in [-0.39, 0.29) is 11.5 Å². The maximum atomic E-state index is 14.7. The Morgan fingerprint density at radius 1 is 1.29 bits per heavy atom. The number of nitrogens with zero attached hydrogens (tertiary/aromatic N) is 6. The molecule has 0 fully saturated rings. The number of aliphatic imine (C=N–C) groups is 1. The van der Waals surface area contributed by atoms with Crippen molar-refractivity contribution >= 4 is 44.2 Å². The highest BCUT2D eigenvalue weighted by Gasteiger charge is 2.41. The lowest BCUT2D eigenvalue weighted by Gasteiger charge is -2.34. The zero-order valence-electron chi connectivity index (χ0n) is 16.5. The van der Waals surface area contributed by atoms with Gasteiger partial charge in [-0.05, 0) is 31.2 Å². The smallest absolute Gasteiger partial charge is 0.239 e. The molecule has 3 heterocycles. The number of hydrogen-bond donors (Lipinski definition) is 2. The minimum Gasteiger partial charge on any atom is -0.369 e. The molecule has 0 radical (unpaired) electrons. The summed E-state index contributed by atoms with van der Waals surface area (Å²) in [6.45, 7) is 8.61. The molecule has 1 aliphatic rings. The number of benzene rings is 1. The number of nitrogens with one attached hydrogen (secondary N) is 1. The molecule has 4 rings (SSSR count). The fourth-order valence-corrected chi connectivity index (χ4v) is 4.78. The van der Waals surface area contributed by atoms with Gasteiger partial charge in [0.25, 0.3) is 0 Å². The first-order valence-electron chi connectivity index (χ1n) is 9.00. The number of nitrogens with two attached hydrogens (primary N) is 1. The summed E-state index contributed by atoms with van der Waals surface area (Å²) in [6, 6.07) is 5.75. The normalized spacial score (nSPS) is 20.2. The Labute approximate surface area is 177 Å². The van der Waals surface area contributed by atoms with Crippen molar-refractivity contribution in [3.05, 3.63) is 59.6 Å². The number of sulfonamides is 1. The summed E-state index contributed by atoms with van der Waals surface area (Å²) >= 11 is 0. The second-order valence-corrected chi connectivity index (χ2v) is 9.18. The molecule has 0 unspecified atom stereocenters. The molecule has 0 saturated carbocycles. The fraction of sp³-hybridized carbons (Fsp3) is 0.211. The van der Waals surface area contributed by atoms with Crippen molar-refractivity contribution in [1.82, 2.24) is 19.3 Å². The second kappa shape index (κ2) is 7.13. The molecule has 0 spiro atoms. The Hall–Kier alpha value is -3.85. The van der Waals surface area contributed by atoms with Crippen molar-refractivity contribution in [2.45, 2.75) is 12.5 Å². The molecule has 158 valence electrons. The average Bonchev–Trinajstić information content (AvgIpc) is 2.72. The maximum absolute atomic E-state index is 14.7. The van der Waals surface area contributed by atoms with Gasteiger partial charge in [0.1, 0.15) is 23.2 Å². The Balaban J connectivity index is 1.76. The van der Waals surface area contributed by atoms with Crippen LogP contribution in [-0.2, 0) is 15.6 Å². The third-order valence-corrected chi connectivity index (χ3v) is 6.91. The van der Waals surface area contributed by atoms with Crippen LogP contribution in [0.1, 0.15) is 12.5 Å². The van der Waals surface area contributed by atoms with Gasteiger partial charge < -0.3 is 11.1 Å². The highest BCUT2D eigenvalue weighted by Crippen LogP contribution is 2.35. The van der Waals surface area contributed by atoms with E-state index in [9.17, 15) is 12.8 Å². The number of rotatable bonds is 3. The van der Waals surface area contributed by atoms with Crippen LogP contribution in [0.3, 0.4) is 0 Å². The van der Waals surface area contributed by atoms with E-state index in [1.54, 1.807) is 6.07 Å². The van der Waals surface area contributed by atoms with Crippen LogP contribution in [0, 0.1) is 12.4 Å². The maximum Gasteiger partial charge on any atom is 0.239 e. The third-order valence-electron chi connectivity index (χ3n) is 4.96. The SMILES string of the molecule is [C-]#[N+]c1cnc2c(Nc3ccc(F)c([C@]4(C)CS(=O)(=O)N(C)C(N)=N4)c3)ncnc2c1. The first-order chi connectivity index (χ1) is 14.6. The molecule has 3 aromatic rings. The fourth-order valence-electron chi connectivity index (χ4n) is 3.33. The molecule has 2 aromatic heterocycles. The molecule has 1 aliphatic heterocycles. The van der Waals surface area contributed by atoms with Gasteiger partial charge >= 0.3 is 0 Å². The van der Waals surface area contributed by atoms with Crippen molar-refractivity contribution in [1.29, 1.82) is 0 Å². The van der Waals surface area contributed by atoms with Crippen molar-refractivity contribution in [2.24, 2.45) is 10.7 Å². The van der Waals surface area contributed by atoms with Gasteiger partial charge in [-0.1, -0.05) is 0 Å². The lowest BCUT2D eigenvalue weighted by atomic mass is 9.93. The van der Waals surface area contributed by atoms with Crippen LogP contribution < -0.4 is 11.1 Å². The Morgan fingerprint density at radius 2 is 2.06 bits per heavy atom. The van der Waals surface area contributed by atoms with Gasteiger partial charge in [-0.25, -0.2) is 36.9 Å². The average molecular weight is 440 g/mol. The number of halogens is 1. The number of hydrogen-bond acceptors (Lipinski definition) is 8. The van der Waals surface area contributed by atoms with E-state index in [1.807, 2.05) is 0 Å². The number of fused-ring (bicyclic) bond motifs is 1. The quantitative estimate of drug-likeness (QED) is 0.597. The molecule has 12 heteroatoms. The van der Waals surface area contributed by atoms with E-state index >= 15 is 0 Å². The van der Waals surface area contributed by atoms with E-state index < -0.39 is 27.1 Å². The largest absolute Gasteiger partial charge is 0.369 e. The molecule has 10 nitrogen and oxygen atoms in total. The minimum absolute atomic E-state index is 0.0683. The van der Waals surface area contributed by atoms with Crippen molar-refractivity contribution in [3.8, 4) is 0 Å². The van der Waals surface area contributed by atoms with Gasteiger partial charge in [0, 0.05) is 24.5 Å². The van der Waals surface area contributed by atoms with Gasteiger partial charge in [-0.15, -0.1) is 0 Å². The lowest BCUT2D eigenvalue weighted by Crippen LogP contribution is -2.50. The van der Waals surface area contributed by atoms with Crippen LogP contribution in [0.2, 0.25) is 0 Å². The van der Waals surface area contributed by atoms with Gasteiger partial charge in [-0.2, -0.15) is 0 Å². The van der Waals surface area contributed by atoms with Crippen molar-refractivity contribution in [2.75, 3.05) is 18.1 Å². The Bertz CT molecular complexity index is 1390. The lowest BCUT2D eigenvalue weighted by molar-refractivity contribution is 0.458. The van der Waals surface area contributed by atoms with E-state index in [2.05, 4.69) is 30.1 Å². The Kier molecular flexibility index (Phi) is 4.70. The summed E-state index contributed by atoms with van der Waals surface area (Å²) in [5.41, 5.74) is 6.12.